The highest BCUT2D eigenvalue weighted by atomic mass is 32.2. The number of hydrogen-bond acceptors (Lipinski definition) is 5. The first-order chi connectivity index (χ1) is 10.5. The Hall–Kier alpha value is -0.470. The van der Waals surface area contributed by atoms with Gasteiger partial charge >= 0.3 is 0 Å². The van der Waals surface area contributed by atoms with Crippen LogP contribution in [0.5, 0.6) is 0 Å². The molecule has 2 saturated heterocycles. The number of ether oxygens (including phenoxy) is 1. The van der Waals surface area contributed by atoms with E-state index in [0.717, 1.165) is 45.5 Å². The molecule has 22 heavy (non-hydrogen) atoms. The molecule has 3 heterocycles. The third-order valence-electron chi connectivity index (χ3n) is 4.79. The van der Waals surface area contributed by atoms with E-state index in [2.05, 4.69) is 27.1 Å². The van der Waals surface area contributed by atoms with Gasteiger partial charge in [-0.3, -0.25) is 4.90 Å². The van der Waals surface area contributed by atoms with Gasteiger partial charge in [0.2, 0.25) is 10.0 Å². The van der Waals surface area contributed by atoms with Gasteiger partial charge in [-0.05, 0) is 30.7 Å². The summed E-state index contributed by atoms with van der Waals surface area (Å²) in [5, 5.41) is 2.12. The summed E-state index contributed by atoms with van der Waals surface area (Å²) >= 11 is 1.80. The number of piperidine rings is 1. The Bertz CT molecular complexity index is 588. The monoisotopic (exact) mass is 344 g/mol. The van der Waals surface area contributed by atoms with E-state index in [-0.39, 0.29) is 11.5 Å². The lowest BCUT2D eigenvalue weighted by Crippen LogP contribution is -2.50. The van der Waals surface area contributed by atoms with Gasteiger partial charge in [-0.1, -0.05) is 6.07 Å². The lowest BCUT2D eigenvalue weighted by atomic mass is 9.74. The van der Waals surface area contributed by atoms with E-state index in [4.69, 9.17) is 4.74 Å². The van der Waals surface area contributed by atoms with E-state index in [1.54, 1.807) is 11.3 Å². The highest BCUT2D eigenvalue weighted by Gasteiger charge is 2.47. The van der Waals surface area contributed by atoms with E-state index in [1.165, 1.54) is 11.1 Å². The number of rotatable bonds is 6. The second-order valence-electron chi connectivity index (χ2n) is 6.47. The predicted molar refractivity (Wildman–Crippen MR) is 88.5 cm³/mol. The van der Waals surface area contributed by atoms with Gasteiger partial charge in [-0.25, -0.2) is 13.1 Å². The second kappa shape index (κ2) is 6.57. The Balaban J connectivity index is 1.63. The van der Waals surface area contributed by atoms with Crippen LogP contribution in [0, 0.1) is 5.41 Å². The highest BCUT2D eigenvalue weighted by molar-refractivity contribution is 7.88. The van der Waals surface area contributed by atoms with Crippen molar-refractivity contribution in [2.45, 2.75) is 31.9 Å². The first kappa shape index (κ1) is 16.4. The average molecular weight is 345 g/mol. The largest absolute Gasteiger partial charge is 0.378 e. The van der Waals surface area contributed by atoms with Gasteiger partial charge in [-0.15, -0.1) is 11.3 Å². The zero-order valence-corrected chi connectivity index (χ0v) is 14.6. The minimum Gasteiger partial charge on any atom is -0.378 e. The lowest BCUT2D eigenvalue weighted by Gasteiger charge is -2.43. The van der Waals surface area contributed by atoms with Gasteiger partial charge in [0.25, 0.3) is 0 Å². The molecule has 2 fully saturated rings. The van der Waals surface area contributed by atoms with Crippen LogP contribution in [0.3, 0.4) is 0 Å². The van der Waals surface area contributed by atoms with Crippen LogP contribution in [0.1, 0.15) is 24.1 Å². The molecule has 0 unspecified atom stereocenters. The van der Waals surface area contributed by atoms with Crippen molar-refractivity contribution < 1.29 is 13.2 Å². The van der Waals surface area contributed by atoms with Crippen molar-refractivity contribution in [2.24, 2.45) is 5.41 Å². The number of sulfonamides is 1. The molecule has 5 nitrogen and oxygen atoms in total. The quantitative estimate of drug-likeness (QED) is 0.853. The summed E-state index contributed by atoms with van der Waals surface area (Å²) in [6.07, 6.45) is 4.44. The van der Waals surface area contributed by atoms with Crippen molar-refractivity contribution in [3.63, 3.8) is 0 Å². The van der Waals surface area contributed by atoms with Crippen LogP contribution in [0.15, 0.2) is 17.5 Å². The van der Waals surface area contributed by atoms with E-state index >= 15 is 0 Å². The number of nitrogens with zero attached hydrogens (tertiary/aromatic N) is 1. The van der Waals surface area contributed by atoms with Crippen molar-refractivity contribution in [1.29, 1.82) is 0 Å². The first-order valence-corrected chi connectivity index (χ1v) is 10.5. The predicted octanol–water partition coefficient (Wildman–Crippen LogP) is 1.67. The van der Waals surface area contributed by atoms with Crippen LogP contribution in [0.2, 0.25) is 0 Å². The Morgan fingerprint density at radius 1 is 1.55 bits per heavy atom. The summed E-state index contributed by atoms with van der Waals surface area (Å²) in [6.45, 7) is 4.36. The Kier molecular flexibility index (Phi) is 4.89. The van der Waals surface area contributed by atoms with Crippen LogP contribution in [0.25, 0.3) is 0 Å². The molecule has 0 radical (unpaired) electrons. The Labute approximate surface area is 136 Å². The molecule has 2 aliphatic rings. The van der Waals surface area contributed by atoms with E-state index in [0.29, 0.717) is 6.54 Å². The number of fused-ring (bicyclic) bond motifs is 1. The molecule has 7 heteroatoms. The van der Waals surface area contributed by atoms with Crippen molar-refractivity contribution >= 4 is 21.4 Å². The third-order valence-corrected chi connectivity index (χ3v) is 6.38. The van der Waals surface area contributed by atoms with E-state index in [1.807, 2.05) is 0 Å². The summed E-state index contributed by atoms with van der Waals surface area (Å²) < 4.78 is 31.1. The maximum absolute atomic E-state index is 11.3. The zero-order chi connectivity index (χ0) is 15.6. The minimum absolute atomic E-state index is 0.104. The molecule has 2 atom stereocenters. The second-order valence-corrected chi connectivity index (χ2v) is 9.33. The van der Waals surface area contributed by atoms with Crippen molar-refractivity contribution in [2.75, 3.05) is 32.5 Å². The summed E-state index contributed by atoms with van der Waals surface area (Å²) in [5.41, 5.74) is 0.104. The molecule has 124 valence electrons. The molecule has 0 aromatic carbocycles. The molecule has 0 saturated carbocycles. The van der Waals surface area contributed by atoms with Gasteiger partial charge < -0.3 is 4.74 Å². The number of likely N-dealkylation sites (tertiary alicyclic amines) is 1. The number of hydrogen-bond donors (Lipinski definition) is 1. The lowest BCUT2D eigenvalue weighted by molar-refractivity contribution is -0.0233. The maximum Gasteiger partial charge on any atom is 0.208 e. The molecular weight excluding hydrogens is 320 g/mol. The molecule has 2 aliphatic heterocycles. The third kappa shape index (κ3) is 3.89. The average Bonchev–Trinajstić information content (AvgIpc) is 3.06. The van der Waals surface area contributed by atoms with Crippen molar-refractivity contribution in [1.82, 2.24) is 9.62 Å². The molecular formula is C15H24N2O3S2. The molecule has 3 rings (SSSR count). The SMILES string of the molecule is CS(=O)(=O)NCC[C@@]12CCO[C@@H]1CCN(Cc1cccs1)C2. The van der Waals surface area contributed by atoms with Gasteiger partial charge in [0.05, 0.1) is 12.4 Å². The molecule has 0 aliphatic carbocycles. The fourth-order valence-electron chi connectivity index (χ4n) is 3.75. The first-order valence-electron chi connectivity index (χ1n) is 7.78. The maximum atomic E-state index is 11.3. The van der Waals surface area contributed by atoms with Crippen LogP contribution in [0.4, 0.5) is 0 Å². The molecule has 0 spiro atoms. The van der Waals surface area contributed by atoms with Gasteiger partial charge in [0.15, 0.2) is 0 Å². The standard InChI is InChI=1S/C15H24N2O3S2/c1-22(18,19)16-7-5-15-6-9-20-14(15)4-8-17(12-15)11-13-3-2-10-21-13/h2-3,10,14,16H,4-9,11-12H2,1H3/t14-,15+/m1/s1. The van der Waals surface area contributed by atoms with Crippen molar-refractivity contribution in [3.8, 4) is 0 Å². The van der Waals surface area contributed by atoms with Crippen LogP contribution in [-0.2, 0) is 21.3 Å². The molecule has 1 N–H and O–H groups in total. The smallest absolute Gasteiger partial charge is 0.208 e. The van der Waals surface area contributed by atoms with Crippen LogP contribution >= 0.6 is 11.3 Å². The summed E-state index contributed by atoms with van der Waals surface area (Å²) in [6, 6.07) is 4.27. The summed E-state index contributed by atoms with van der Waals surface area (Å²) in [7, 11) is -3.11. The Morgan fingerprint density at radius 3 is 3.14 bits per heavy atom. The summed E-state index contributed by atoms with van der Waals surface area (Å²) in [4.78, 5) is 3.89. The molecule has 1 aromatic rings. The Morgan fingerprint density at radius 2 is 2.41 bits per heavy atom. The van der Waals surface area contributed by atoms with Crippen molar-refractivity contribution in [3.05, 3.63) is 22.4 Å². The topological polar surface area (TPSA) is 58.6 Å². The van der Waals surface area contributed by atoms with E-state index < -0.39 is 10.0 Å². The molecule has 0 bridgehead atoms. The van der Waals surface area contributed by atoms with E-state index in [9.17, 15) is 8.42 Å². The van der Waals surface area contributed by atoms with Crippen LogP contribution in [-0.4, -0.2) is 51.9 Å². The molecule has 1 aromatic heterocycles. The summed E-state index contributed by atoms with van der Waals surface area (Å²) in [5.74, 6) is 0. The van der Waals surface area contributed by atoms with Gasteiger partial charge in [-0.2, -0.15) is 0 Å². The normalized spacial score (nSPS) is 29.6. The van der Waals surface area contributed by atoms with Crippen LogP contribution < -0.4 is 4.72 Å². The fourth-order valence-corrected chi connectivity index (χ4v) is 4.96. The number of nitrogens with one attached hydrogen (secondary N) is 1. The highest BCUT2D eigenvalue weighted by Crippen LogP contribution is 2.43. The minimum atomic E-state index is -3.11. The fraction of sp³-hybridized carbons (Fsp3) is 0.733. The number of thiophene rings is 1. The zero-order valence-electron chi connectivity index (χ0n) is 13.0. The molecule has 0 amide bonds. The van der Waals surface area contributed by atoms with Gasteiger partial charge in [0, 0.05) is 43.1 Å². The van der Waals surface area contributed by atoms with Gasteiger partial charge in [0.1, 0.15) is 0 Å².